The van der Waals surface area contributed by atoms with Gasteiger partial charge < -0.3 is 15.2 Å². The molecular weight excluding hydrogens is 272 g/mol. The van der Waals surface area contributed by atoms with Gasteiger partial charge in [-0.1, -0.05) is 0 Å². The molecule has 0 spiro atoms. The standard InChI is InChI=1S/C11H16N2O5S/c1-17-6-5-13-19(15,16)10-4-3-8(12)7-9(10)11(14)18-2/h3-4,7,13H,5-6,12H2,1-2H3. The van der Waals surface area contributed by atoms with E-state index >= 15 is 0 Å². The first kappa shape index (κ1) is 15.4. The van der Waals surface area contributed by atoms with Crippen molar-refractivity contribution in [1.82, 2.24) is 4.72 Å². The maximum absolute atomic E-state index is 12.0. The number of carbonyl (C=O) groups is 1. The van der Waals surface area contributed by atoms with E-state index in [4.69, 9.17) is 10.5 Å². The summed E-state index contributed by atoms with van der Waals surface area (Å²) in [6.07, 6.45) is 0. The van der Waals surface area contributed by atoms with Gasteiger partial charge in [0.15, 0.2) is 0 Å². The number of benzene rings is 1. The zero-order valence-corrected chi connectivity index (χ0v) is 11.5. The molecule has 0 aliphatic heterocycles. The van der Waals surface area contributed by atoms with Crippen LogP contribution in [0.25, 0.3) is 0 Å². The molecule has 106 valence electrons. The highest BCUT2D eigenvalue weighted by Gasteiger charge is 2.22. The quantitative estimate of drug-likeness (QED) is 0.433. The van der Waals surface area contributed by atoms with Crippen LogP contribution in [-0.4, -0.2) is 41.8 Å². The number of esters is 1. The highest BCUT2D eigenvalue weighted by molar-refractivity contribution is 7.89. The fourth-order valence-electron chi connectivity index (χ4n) is 1.41. The minimum absolute atomic E-state index is 0.101. The third-order valence-electron chi connectivity index (χ3n) is 2.30. The molecule has 7 nitrogen and oxygen atoms in total. The van der Waals surface area contributed by atoms with Crippen LogP contribution in [0.5, 0.6) is 0 Å². The molecule has 0 aromatic heterocycles. The van der Waals surface area contributed by atoms with Gasteiger partial charge in [-0.15, -0.1) is 0 Å². The van der Waals surface area contributed by atoms with Crippen LogP contribution in [0.15, 0.2) is 23.1 Å². The Morgan fingerprint density at radius 1 is 1.37 bits per heavy atom. The van der Waals surface area contributed by atoms with Gasteiger partial charge in [-0.3, -0.25) is 0 Å². The van der Waals surface area contributed by atoms with Crippen molar-refractivity contribution in [3.63, 3.8) is 0 Å². The number of carbonyl (C=O) groups excluding carboxylic acids is 1. The van der Waals surface area contributed by atoms with Crippen LogP contribution < -0.4 is 10.5 Å². The van der Waals surface area contributed by atoms with Crippen molar-refractivity contribution in [1.29, 1.82) is 0 Å². The van der Waals surface area contributed by atoms with E-state index < -0.39 is 16.0 Å². The second-order valence-corrected chi connectivity index (χ2v) is 5.37. The van der Waals surface area contributed by atoms with E-state index in [1.54, 1.807) is 0 Å². The van der Waals surface area contributed by atoms with Gasteiger partial charge in [0.25, 0.3) is 0 Å². The molecule has 0 amide bonds. The normalized spacial score (nSPS) is 11.3. The largest absolute Gasteiger partial charge is 0.465 e. The summed E-state index contributed by atoms with van der Waals surface area (Å²) in [7, 11) is -1.20. The van der Waals surface area contributed by atoms with Gasteiger partial charge >= 0.3 is 5.97 Å². The number of nitrogens with one attached hydrogen (secondary N) is 1. The van der Waals surface area contributed by atoms with Gasteiger partial charge in [0, 0.05) is 19.3 Å². The second kappa shape index (κ2) is 6.50. The van der Waals surface area contributed by atoms with Crippen molar-refractivity contribution in [3.05, 3.63) is 23.8 Å². The number of nitrogens with two attached hydrogens (primary N) is 1. The summed E-state index contributed by atoms with van der Waals surface area (Å²) in [5, 5.41) is 0. The Kier molecular flexibility index (Phi) is 5.28. The predicted octanol–water partition coefficient (Wildman–Crippen LogP) is -0.0199. The molecule has 8 heteroatoms. The lowest BCUT2D eigenvalue weighted by Gasteiger charge is -2.10. The lowest BCUT2D eigenvalue weighted by atomic mass is 10.2. The van der Waals surface area contributed by atoms with Crippen LogP contribution in [0, 0.1) is 0 Å². The Labute approximate surface area is 111 Å². The Balaban J connectivity index is 3.15. The molecule has 1 aromatic rings. The Morgan fingerprint density at radius 2 is 2.05 bits per heavy atom. The third kappa shape index (κ3) is 3.91. The van der Waals surface area contributed by atoms with Gasteiger partial charge in [-0.05, 0) is 18.2 Å². The van der Waals surface area contributed by atoms with Gasteiger partial charge in [0.05, 0.1) is 24.2 Å². The van der Waals surface area contributed by atoms with Gasteiger partial charge in [0.1, 0.15) is 0 Å². The van der Waals surface area contributed by atoms with Crippen LogP contribution >= 0.6 is 0 Å². The van der Waals surface area contributed by atoms with Crippen molar-refractivity contribution < 1.29 is 22.7 Å². The van der Waals surface area contributed by atoms with E-state index in [-0.39, 0.29) is 29.3 Å². The molecular formula is C11H16N2O5S. The Hall–Kier alpha value is -1.64. The van der Waals surface area contributed by atoms with E-state index in [2.05, 4.69) is 9.46 Å². The summed E-state index contributed by atoms with van der Waals surface area (Å²) >= 11 is 0. The fraction of sp³-hybridized carbons (Fsp3) is 0.364. The summed E-state index contributed by atoms with van der Waals surface area (Å²) in [4.78, 5) is 11.4. The first-order valence-electron chi connectivity index (χ1n) is 5.39. The molecule has 0 saturated heterocycles. The summed E-state index contributed by atoms with van der Waals surface area (Å²) in [6, 6.07) is 3.92. The van der Waals surface area contributed by atoms with Crippen molar-refractivity contribution >= 4 is 21.7 Å². The summed E-state index contributed by atoms with van der Waals surface area (Å²) < 4.78 is 35.7. The molecule has 0 aliphatic rings. The van der Waals surface area contributed by atoms with E-state index in [1.807, 2.05) is 0 Å². The Bertz CT molecular complexity index is 556. The van der Waals surface area contributed by atoms with E-state index in [0.29, 0.717) is 0 Å². The van der Waals surface area contributed by atoms with Crippen LogP contribution in [0.2, 0.25) is 0 Å². The SMILES string of the molecule is COCCNS(=O)(=O)c1ccc(N)cc1C(=O)OC. The minimum atomic E-state index is -3.82. The zero-order chi connectivity index (χ0) is 14.5. The molecule has 0 heterocycles. The van der Waals surface area contributed by atoms with Crippen molar-refractivity contribution in [2.24, 2.45) is 0 Å². The van der Waals surface area contributed by atoms with Crippen LogP contribution in [0.3, 0.4) is 0 Å². The molecule has 0 saturated carbocycles. The summed E-state index contributed by atoms with van der Waals surface area (Å²) in [5.41, 5.74) is 5.71. The van der Waals surface area contributed by atoms with E-state index in [0.717, 1.165) is 0 Å². The number of anilines is 1. The Morgan fingerprint density at radius 3 is 2.63 bits per heavy atom. The van der Waals surface area contributed by atoms with E-state index in [9.17, 15) is 13.2 Å². The molecule has 0 bridgehead atoms. The molecule has 1 rings (SSSR count). The average Bonchev–Trinajstić information content (AvgIpc) is 2.37. The number of nitrogen functional groups attached to an aromatic ring is 1. The first-order valence-corrected chi connectivity index (χ1v) is 6.87. The van der Waals surface area contributed by atoms with Crippen molar-refractivity contribution in [3.8, 4) is 0 Å². The van der Waals surface area contributed by atoms with Crippen molar-refractivity contribution in [2.75, 3.05) is 33.1 Å². The van der Waals surface area contributed by atoms with Gasteiger partial charge in [-0.2, -0.15) is 0 Å². The molecule has 3 N–H and O–H groups in total. The summed E-state index contributed by atoms with van der Waals surface area (Å²) in [5.74, 6) is -0.764. The second-order valence-electron chi connectivity index (χ2n) is 3.64. The number of rotatable bonds is 6. The van der Waals surface area contributed by atoms with Crippen LogP contribution in [0.4, 0.5) is 5.69 Å². The molecule has 0 unspecified atom stereocenters. The molecule has 19 heavy (non-hydrogen) atoms. The molecule has 0 radical (unpaired) electrons. The maximum Gasteiger partial charge on any atom is 0.339 e. The molecule has 0 aliphatic carbocycles. The van der Waals surface area contributed by atoms with Gasteiger partial charge in [-0.25, -0.2) is 17.9 Å². The molecule has 1 aromatic carbocycles. The molecule has 0 atom stereocenters. The monoisotopic (exact) mass is 288 g/mol. The topological polar surface area (TPSA) is 108 Å². The first-order chi connectivity index (χ1) is 8.92. The number of methoxy groups -OCH3 is 2. The number of hydrogen-bond donors (Lipinski definition) is 2. The lowest BCUT2D eigenvalue weighted by molar-refractivity contribution is 0.0596. The van der Waals surface area contributed by atoms with Crippen LogP contribution in [-0.2, 0) is 19.5 Å². The number of ether oxygens (including phenoxy) is 2. The smallest absolute Gasteiger partial charge is 0.339 e. The zero-order valence-electron chi connectivity index (χ0n) is 10.7. The molecule has 0 fully saturated rings. The van der Waals surface area contributed by atoms with E-state index in [1.165, 1.54) is 32.4 Å². The van der Waals surface area contributed by atoms with Crippen LogP contribution in [0.1, 0.15) is 10.4 Å². The number of hydrogen-bond acceptors (Lipinski definition) is 6. The van der Waals surface area contributed by atoms with Gasteiger partial charge in [0.2, 0.25) is 10.0 Å². The highest BCUT2D eigenvalue weighted by Crippen LogP contribution is 2.19. The maximum atomic E-state index is 12.0. The highest BCUT2D eigenvalue weighted by atomic mass is 32.2. The fourth-order valence-corrected chi connectivity index (χ4v) is 2.59. The third-order valence-corrected chi connectivity index (χ3v) is 3.82. The summed E-state index contributed by atoms with van der Waals surface area (Å²) in [6.45, 7) is 0.325. The number of sulfonamides is 1. The predicted molar refractivity (Wildman–Crippen MR) is 69.3 cm³/mol. The lowest BCUT2D eigenvalue weighted by Crippen LogP contribution is -2.28. The minimum Gasteiger partial charge on any atom is -0.465 e. The van der Waals surface area contributed by atoms with Crippen molar-refractivity contribution in [2.45, 2.75) is 4.90 Å². The average molecular weight is 288 g/mol.